The Kier molecular flexibility index (Phi) is 3.92. The number of rotatable bonds is 2. The number of aromatic nitrogens is 1. The van der Waals surface area contributed by atoms with Crippen molar-refractivity contribution in [1.82, 2.24) is 9.88 Å². The highest BCUT2D eigenvalue weighted by Gasteiger charge is 2.33. The Hall–Kier alpha value is -2.24. The Morgan fingerprint density at radius 3 is 2.83 bits per heavy atom. The number of nitrogens with zero attached hydrogens (tertiary/aromatic N) is 3. The maximum absolute atomic E-state index is 12.2. The van der Waals surface area contributed by atoms with Crippen molar-refractivity contribution in [3.8, 4) is 0 Å². The van der Waals surface area contributed by atoms with E-state index in [-0.39, 0.29) is 12.1 Å². The Labute approximate surface area is 136 Å². The number of hydrogen-bond acceptors (Lipinski definition) is 5. The van der Waals surface area contributed by atoms with Gasteiger partial charge in [-0.1, -0.05) is 12.1 Å². The van der Waals surface area contributed by atoms with Crippen LogP contribution in [0.25, 0.3) is 11.1 Å². The molecule has 1 saturated heterocycles. The number of carbonyl (C=O) groups is 1. The number of ether oxygens (including phenoxy) is 1. The molecule has 1 atom stereocenters. The fourth-order valence-corrected chi connectivity index (χ4v) is 2.72. The van der Waals surface area contributed by atoms with E-state index in [1.807, 2.05) is 57.0 Å². The molecule has 23 heavy (non-hydrogen) atoms. The monoisotopic (exact) mass is 317 g/mol. The van der Waals surface area contributed by atoms with Crippen molar-refractivity contribution in [2.45, 2.75) is 38.8 Å². The van der Waals surface area contributed by atoms with Gasteiger partial charge in [0, 0.05) is 20.1 Å². The third-order valence-corrected chi connectivity index (χ3v) is 3.95. The van der Waals surface area contributed by atoms with E-state index in [1.54, 1.807) is 4.90 Å². The van der Waals surface area contributed by atoms with Crippen molar-refractivity contribution in [2.24, 2.45) is 0 Å². The summed E-state index contributed by atoms with van der Waals surface area (Å²) in [4.78, 5) is 20.4. The lowest BCUT2D eigenvalue weighted by Crippen LogP contribution is -2.39. The van der Waals surface area contributed by atoms with Crippen molar-refractivity contribution in [2.75, 3.05) is 25.0 Å². The van der Waals surface area contributed by atoms with Gasteiger partial charge in [0.1, 0.15) is 11.1 Å². The minimum absolute atomic E-state index is 0.176. The van der Waals surface area contributed by atoms with Crippen LogP contribution < -0.4 is 4.90 Å². The zero-order valence-corrected chi connectivity index (χ0v) is 14.1. The van der Waals surface area contributed by atoms with Gasteiger partial charge in [0.05, 0.1) is 6.04 Å². The van der Waals surface area contributed by atoms with E-state index in [2.05, 4.69) is 4.98 Å². The lowest BCUT2D eigenvalue weighted by atomic mass is 10.2. The first kappa shape index (κ1) is 15.6. The Bertz CT molecular complexity index is 671. The van der Waals surface area contributed by atoms with Gasteiger partial charge in [-0.2, -0.15) is 4.98 Å². The van der Waals surface area contributed by atoms with Crippen LogP contribution in [0.3, 0.4) is 0 Å². The highest BCUT2D eigenvalue weighted by atomic mass is 16.6. The van der Waals surface area contributed by atoms with Crippen molar-refractivity contribution in [3.63, 3.8) is 0 Å². The second kappa shape index (κ2) is 5.76. The number of fused-ring (bicyclic) bond motifs is 1. The summed E-state index contributed by atoms with van der Waals surface area (Å²) in [6.07, 6.45) is 0.611. The lowest BCUT2D eigenvalue weighted by molar-refractivity contribution is 0.0292. The molecule has 1 aliphatic heterocycles. The minimum atomic E-state index is -0.471. The first-order valence-electron chi connectivity index (χ1n) is 7.90. The molecule has 124 valence electrons. The zero-order chi connectivity index (χ0) is 16.6. The average Bonchev–Trinajstić information content (AvgIpc) is 3.11. The van der Waals surface area contributed by atoms with Gasteiger partial charge >= 0.3 is 6.09 Å². The number of hydrogen-bond donors (Lipinski definition) is 0. The van der Waals surface area contributed by atoms with E-state index < -0.39 is 5.60 Å². The number of benzene rings is 1. The molecule has 1 fully saturated rings. The third kappa shape index (κ3) is 3.41. The predicted octanol–water partition coefficient (Wildman–Crippen LogP) is 3.27. The van der Waals surface area contributed by atoms with Gasteiger partial charge in [0.25, 0.3) is 6.01 Å². The van der Waals surface area contributed by atoms with Gasteiger partial charge in [-0.25, -0.2) is 4.79 Å². The number of para-hydroxylation sites is 2. The molecule has 2 aromatic rings. The second-order valence-corrected chi connectivity index (χ2v) is 6.94. The van der Waals surface area contributed by atoms with Crippen LogP contribution in [0.5, 0.6) is 0 Å². The summed E-state index contributed by atoms with van der Waals surface area (Å²) in [5.74, 6) is 0. The van der Waals surface area contributed by atoms with Gasteiger partial charge in [0.15, 0.2) is 5.58 Å². The van der Waals surface area contributed by atoms with E-state index in [1.165, 1.54) is 0 Å². The maximum Gasteiger partial charge on any atom is 0.410 e. The standard InChI is InChI=1S/C17H23N3O3/c1-17(2,3)23-16(21)20-10-9-12(11-20)19(4)15-18-13-7-5-6-8-14(13)22-15/h5-8,12H,9-11H2,1-4H3. The maximum atomic E-state index is 12.2. The van der Waals surface area contributed by atoms with Crippen molar-refractivity contribution >= 4 is 23.2 Å². The van der Waals surface area contributed by atoms with Crippen LogP contribution in [0.15, 0.2) is 28.7 Å². The summed E-state index contributed by atoms with van der Waals surface area (Å²) in [5, 5.41) is 0. The summed E-state index contributed by atoms with van der Waals surface area (Å²) in [6, 6.07) is 8.46. The third-order valence-electron chi connectivity index (χ3n) is 3.95. The summed E-state index contributed by atoms with van der Waals surface area (Å²) < 4.78 is 11.2. The largest absolute Gasteiger partial charge is 0.444 e. The van der Waals surface area contributed by atoms with Crippen LogP contribution in [0.2, 0.25) is 0 Å². The van der Waals surface area contributed by atoms with Gasteiger partial charge in [-0.05, 0) is 39.3 Å². The number of likely N-dealkylation sites (tertiary alicyclic amines) is 1. The number of amides is 1. The van der Waals surface area contributed by atoms with E-state index in [4.69, 9.17) is 9.15 Å². The van der Waals surface area contributed by atoms with E-state index in [9.17, 15) is 4.79 Å². The molecular formula is C17H23N3O3. The molecular weight excluding hydrogens is 294 g/mol. The topological polar surface area (TPSA) is 58.8 Å². The lowest BCUT2D eigenvalue weighted by Gasteiger charge is -2.26. The Morgan fingerprint density at radius 1 is 1.39 bits per heavy atom. The van der Waals surface area contributed by atoms with E-state index in [0.29, 0.717) is 19.1 Å². The van der Waals surface area contributed by atoms with Crippen LogP contribution in [-0.2, 0) is 4.74 Å². The molecule has 1 amide bonds. The molecule has 1 aliphatic rings. The van der Waals surface area contributed by atoms with Crippen LogP contribution in [0, 0.1) is 0 Å². The van der Waals surface area contributed by atoms with E-state index in [0.717, 1.165) is 17.5 Å². The molecule has 0 N–H and O–H groups in total. The van der Waals surface area contributed by atoms with Crippen molar-refractivity contribution in [3.05, 3.63) is 24.3 Å². The minimum Gasteiger partial charge on any atom is -0.444 e. The van der Waals surface area contributed by atoms with Crippen molar-refractivity contribution in [1.29, 1.82) is 0 Å². The summed E-state index contributed by atoms with van der Waals surface area (Å²) in [5.41, 5.74) is 1.15. The van der Waals surface area contributed by atoms with Crippen LogP contribution >= 0.6 is 0 Å². The highest BCUT2D eigenvalue weighted by Crippen LogP contribution is 2.25. The molecule has 0 spiro atoms. The molecule has 0 saturated carbocycles. The first-order valence-corrected chi connectivity index (χ1v) is 7.90. The molecule has 1 unspecified atom stereocenters. The molecule has 0 aliphatic carbocycles. The van der Waals surface area contributed by atoms with Crippen LogP contribution in [0.4, 0.5) is 10.8 Å². The fourth-order valence-electron chi connectivity index (χ4n) is 2.72. The predicted molar refractivity (Wildman–Crippen MR) is 88.6 cm³/mol. The van der Waals surface area contributed by atoms with Gasteiger partial charge in [-0.15, -0.1) is 0 Å². The smallest absolute Gasteiger partial charge is 0.410 e. The molecule has 0 bridgehead atoms. The van der Waals surface area contributed by atoms with Crippen molar-refractivity contribution < 1.29 is 13.9 Å². The normalized spacial score (nSPS) is 18.4. The SMILES string of the molecule is CN(c1nc2ccccc2o1)C1CCN(C(=O)OC(C)(C)C)C1. The fraction of sp³-hybridized carbons (Fsp3) is 0.529. The number of oxazole rings is 1. The molecule has 1 aromatic heterocycles. The molecule has 2 heterocycles. The van der Waals surface area contributed by atoms with Gasteiger partial charge < -0.3 is 19.0 Å². The molecule has 6 heteroatoms. The number of anilines is 1. The average molecular weight is 317 g/mol. The highest BCUT2D eigenvalue weighted by molar-refractivity contribution is 5.74. The Balaban J connectivity index is 1.67. The summed E-state index contributed by atoms with van der Waals surface area (Å²) >= 11 is 0. The van der Waals surface area contributed by atoms with Crippen LogP contribution in [-0.4, -0.2) is 47.8 Å². The number of likely N-dealkylation sites (N-methyl/N-ethyl adjacent to an activating group) is 1. The van der Waals surface area contributed by atoms with Gasteiger partial charge in [-0.3, -0.25) is 0 Å². The summed E-state index contributed by atoms with van der Waals surface area (Å²) in [6.45, 7) is 6.93. The molecule has 6 nitrogen and oxygen atoms in total. The first-order chi connectivity index (χ1) is 10.8. The molecule has 0 radical (unpaired) electrons. The zero-order valence-electron chi connectivity index (χ0n) is 14.1. The Morgan fingerprint density at radius 2 is 2.13 bits per heavy atom. The second-order valence-electron chi connectivity index (χ2n) is 6.94. The van der Waals surface area contributed by atoms with Gasteiger partial charge in [0.2, 0.25) is 0 Å². The number of carbonyl (C=O) groups excluding carboxylic acids is 1. The summed E-state index contributed by atoms with van der Waals surface area (Å²) in [7, 11) is 1.95. The quantitative estimate of drug-likeness (QED) is 0.851. The molecule has 1 aromatic carbocycles. The molecule has 3 rings (SSSR count). The van der Waals surface area contributed by atoms with E-state index >= 15 is 0 Å². The van der Waals surface area contributed by atoms with Crippen LogP contribution in [0.1, 0.15) is 27.2 Å².